The fourth-order valence-electron chi connectivity index (χ4n) is 2.09. The summed E-state index contributed by atoms with van der Waals surface area (Å²) in [6.45, 7) is 0.133. The summed E-state index contributed by atoms with van der Waals surface area (Å²) in [6, 6.07) is 5.20. The molecule has 0 atom stereocenters. The van der Waals surface area contributed by atoms with Gasteiger partial charge in [0.15, 0.2) is 0 Å². The quantitative estimate of drug-likeness (QED) is 0.550. The summed E-state index contributed by atoms with van der Waals surface area (Å²) < 4.78 is 1.74. The number of hydrogen-bond donors (Lipinski definition) is 3. The average molecular weight is 348 g/mol. The zero-order valence-corrected chi connectivity index (χ0v) is 13.4. The van der Waals surface area contributed by atoms with Gasteiger partial charge in [-0.15, -0.1) is 0 Å². The standard InChI is InChI=1S/C14H12N4O3S2/c19-6-4-15-11-8(7-9-12(20)17-14(22)23-9)13(21)18-5-2-1-3-10(18)16-11/h1-3,5,7,15,19H,4,6H2,(H,17,20,22)/b9-7-. The second kappa shape index (κ2) is 6.49. The maximum Gasteiger partial charge on any atom is 0.267 e. The van der Waals surface area contributed by atoms with Gasteiger partial charge in [-0.25, -0.2) is 4.98 Å². The van der Waals surface area contributed by atoms with Crippen molar-refractivity contribution in [1.29, 1.82) is 0 Å². The van der Waals surface area contributed by atoms with Crippen molar-refractivity contribution in [3.63, 3.8) is 0 Å². The fraction of sp³-hybridized carbons (Fsp3) is 0.143. The topological polar surface area (TPSA) is 95.7 Å². The van der Waals surface area contributed by atoms with Crippen molar-refractivity contribution in [2.24, 2.45) is 0 Å². The molecule has 1 fully saturated rings. The van der Waals surface area contributed by atoms with Crippen LogP contribution in [0.2, 0.25) is 0 Å². The maximum atomic E-state index is 12.7. The predicted octanol–water partition coefficient (Wildman–Crippen LogP) is 0.587. The predicted molar refractivity (Wildman–Crippen MR) is 93.3 cm³/mol. The highest BCUT2D eigenvalue weighted by Gasteiger charge is 2.23. The number of aliphatic hydroxyl groups is 1. The summed E-state index contributed by atoms with van der Waals surface area (Å²) in [5.74, 6) is -0.0281. The molecule has 1 aliphatic rings. The highest BCUT2D eigenvalue weighted by Crippen LogP contribution is 2.26. The Labute approximate surface area is 140 Å². The lowest BCUT2D eigenvalue weighted by atomic mass is 10.2. The Hall–Kier alpha value is -2.23. The second-order valence-electron chi connectivity index (χ2n) is 4.61. The summed E-state index contributed by atoms with van der Waals surface area (Å²) in [5, 5.41) is 14.4. The van der Waals surface area contributed by atoms with Gasteiger partial charge in [0.1, 0.15) is 15.8 Å². The molecule has 118 valence electrons. The van der Waals surface area contributed by atoms with Crippen molar-refractivity contribution in [2.75, 3.05) is 18.5 Å². The number of nitrogens with one attached hydrogen (secondary N) is 2. The lowest BCUT2D eigenvalue weighted by Crippen LogP contribution is -2.22. The number of amides is 1. The van der Waals surface area contributed by atoms with Crippen LogP contribution in [0, 0.1) is 0 Å². The molecule has 0 bridgehead atoms. The second-order valence-corrected chi connectivity index (χ2v) is 6.33. The zero-order valence-electron chi connectivity index (χ0n) is 11.8. The van der Waals surface area contributed by atoms with E-state index < -0.39 is 0 Å². The molecule has 3 N–H and O–H groups in total. The number of rotatable bonds is 4. The van der Waals surface area contributed by atoms with Crippen LogP contribution in [0.3, 0.4) is 0 Å². The van der Waals surface area contributed by atoms with Crippen molar-refractivity contribution in [1.82, 2.24) is 14.7 Å². The molecule has 0 spiro atoms. The third kappa shape index (κ3) is 3.11. The first-order valence-corrected chi connectivity index (χ1v) is 7.93. The van der Waals surface area contributed by atoms with Gasteiger partial charge in [-0.1, -0.05) is 30.0 Å². The van der Waals surface area contributed by atoms with E-state index in [4.69, 9.17) is 17.3 Å². The highest BCUT2D eigenvalue weighted by molar-refractivity contribution is 8.26. The first-order chi connectivity index (χ1) is 11.1. The number of anilines is 1. The lowest BCUT2D eigenvalue weighted by Gasteiger charge is -2.10. The molecular formula is C14H12N4O3S2. The van der Waals surface area contributed by atoms with Crippen LogP contribution in [-0.2, 0) is 4.79 Å². The van der Waals surface area contributed by atoms with Gasteiger partial charge in [0.25, 0.3) is 11.5 Å². The van der Waals surface area contributed by atoms with Crippen LogP contribution in [-0.4, -0.2) is 37.9 Å². The van der Waals surface area contributed by atoms with Gasteiger partial charge in [-0.3, -0.25) is 14.0 Å². The Morgan fingerprint density at radius 1 is 1.43 bits per heavy atom. The molecule has 23 heavy (non-hydrogen) atoms. The summed E-state index contributed by atoms with van der Waals surface area (Å²) in [4.78, 5) is 29.2. The fourth-order valence-corrected chi connectivity index (χ4v) is 3.12. The van der Waals surface area contributed by atoms with Crippen molar-refractivity contribution >= 4 is 51.7 Å². The van der Waals surface area contributed by atoms with Gasteiger partial charge in [0.05, 0.1) is 17.1 Å². The van der Waals surface area contributed by atoms with E-state index in [0.29, 0.717) is 20.7 Å². The van der Waals surface area contributed by atoms with E-state index in [-0.39, 0.29) is 30.2 Å². The monoisotopic (exact) mass is 348 g/mol. The molecule has 7 nitrogen and oxygen atoms in total. The molecule has 1 saturated heterocycles. The minimum absolute atomic E-state index is 0.106. The number of carbonyl (C=O) groups excluding carboxylic acids is 1. The van der Waals surface area contributed by atoms with Gasteiger partial charge in [0.2, 0.25) is 0 Å². The van der Waals surface area contributed by atoms with E-state index >= 15 is 0 Å². The number of aromatic nitrogens is 2. The Morgan fingerprint density at radius 3 is 2.96 bits per heavy atom. The van der Waals surface area contributed by atoms with E-state index in [1.165, 1.54) is 10.5 Å². The van der Waals surface area contributed by atoms with E-state index in [1.807, 2.05) is 0 Å². The molecular weight excluding hydrogens is 336 g/mol. The molecule has 3 rings (SSSR count). The first kappa shape index (κ1) is 15.7. The number of aliphatic hydroxyl groups excluding tert-OH is 1. The van der Waals surface area contributed by atoms with E-state index in [2.05, 4.69) is 15.6 Å². The third-order valence-corrected chi connectivity index (χ3v) is 4.25. The maximum absolute atomic E-state index is 12.7. The van der Waals surface area contributed by atoms with E-state index in [9.17, 15) is 9.59 Å². The van der Waals surface area contributed by atoms with Crippen LogP contribution in [0.25, 0.3) is 11.7 Å². The molecule has 9 heteroatoms. The number of pyridine rings is 1. The van der Waals surface area contributed by atoms with Crippen LogP contribution in [0.5, 0.6) is 0 Å². The molecule has 2 aromatic heterocycles. The van der Waals surface area contributed by atoms with Crippen molar-refractivity contribution in [3.8, 4) is 0 Å². The minimum Gasteiger partial charge on any atom is -0.395 e. The molecule has 2 aromatic rings. The molecule has 1 amide bonds. The number of hydrogen-bond acceptors (Lipinski definition) is 7. The average Bonchev–Trinajstić information content (AvgIpc) is 2.86. The Balaban J connectivity index is 2.18. The molecule has 0 aromatic carbocycles. The van der Waals surface area contributed by atoms with Crippen molar-refractivity contribution < 1.29 is 9.90 Å². The Morgan fingerprint density at radius 2 is 2.26 bits per heavy atom. The highest BCUT2D eigenvalue weighted by atomic mass is 32.2. The largest absolute Gasteiger partial charge is 0.395 e. The van der Waals surface area contributed by atoms with Crippen LogP contribution in [0.4, 0.5) is 5.82 Å². The third-order valence-electron chi connectivity index (χ3n) is 3.09. The molecule has 0 radical (unpaired) electrons. The van der Waals surface area contributed by atoms with Gasteiger partial charge in [-0.2, -0.15) is 0 Å². The van der Waals surface area contributed by atoms with E-state index in [1.54, 1.807) is 24.4 Å². The molecule has 0 saturated carbocycles. The Kier molecular flexibility index (Phi) is 4.42. The van der Waals surface area contributed by atoms with Crippen molar-refractivity contribution in [2.45, 2.75) is 0 Å². The molecule has 0 unspecified atom stereocenters. The normalized spacial score (nSPS) is 16.1. The van der Waals surface area contributed by atoms with Gasteiger partial charge >= 0.3 is 0 Å². The minimum atomic E-state index is -0.342. The number of nitrogens with zero attached hydrogens (tertiary/aromatic N) is 2. The number of fused-ring (bicyclic) bond motifs is 1. The van der Waals surface area contributed by atoms with E-state index in [0.717, 1.165) is 11.8 Å². The van der Waals surface area contributed by atoms with Crippen molar-refractivity contribution in [3.05, 3.63) is 45.2 Å². The summed E-state index contributed by atoms with van der Waals surface area (Å²) in [6.07, 6.45) is 3.07. The first-order valence-electron chi connectivity index (χ1n) is 6.71. The summed E-state index contributed by atoms with van der Waals surface area (Å²) >= 11 is 6.04. The molecule has 1 aliphatic heterocycles. The molecule has 0 aliphatic carbocycles. The van der Waals surface area contributed by atoms with Crippen LogP contribution >= 0.6 is 24.0 Å². The SMILES string of the molecule is O=C1NC(=S)S/C1=C\c1c(NCCO)nc2ccccn2c1=O. The van der Waals surface area contributed by atoms with Gasteiger partial charge in [-0.05, 0) is 18.2 Å². The zero-order chi connectivity index (χ0) is 16.4. The number of carbonyl (C=O) groups is 1. The number of thiocarbonyl (C=S) groups is 1. The summed E-state index contributed by atoms with van der Waals surface area (Å²) in [7, 11) is 0. The van der Waals surface area contributed by atoms with Gasteiger partial charge < -0.3 is 15.7 Å². The van der Waals surface area contributed by atoms with Crippen LogP contribution < -0.4 is 16.2 Å². The lowest BCUT2D eigenvalue weighted by molar-refractivity contribution is -0.115. The van der Waals surface area contributed by atoms with Crippen LogP contribution in [0.1, 0.15) is 5.56 Å². The smallest absolute Gasteiger partial charge is 0.267 e. The Bertz CT molecular complexity index is 891. The van der Waals surface area contributed by atoms with Crippen LogP contribution in [0.15, 0.2) is 34.1 Å². The van der Waals surface area contributed by atoms with Gasteiger partial charge in [0, 0.05) is 12.7 Å². The molecule has 3 heterocycles. The number of thioether (sulfide) groups is 1. The summed E-state index contributed by atoms with van der Waals surface area (Å²) in [5.41, 5.74) is 0.401.